The van der Waals surface area contributed by atoms with Crippen LogP contribution in [0.15, 0.2) is 39.9 Å². The molecular formula is C26H30FN7O4. The smallest absolute Gasteiger partial charge is 0.332 e. The molecule has 5 rings (SSSR count). The van der Waals surface area contributed by atoms with E-state index in [9.17, 15) is 18.8 Å². The molecule has 1 saturated heterocycles. The lowest BCUT2D eigenvalue weighted by atomic mass is 9.94. The minimum Gasteiger partial charge on any atom is -0.469 e. The number of nitrogens with zero attached hydrogens (tertiary/aromatic N) is 5. The number of hydrogen-bond donors (Lipinski definition) is 2. The Balaban J connectivity index is 1.54. The first-order valence-corrected chi connectivity index (χ1v) is 12.8. The molecule has 0 radical (unpaired) electrons. The summed E-state index contributed by atoms with van der Waals surface area (Å²) in [4.78, 5) is 45.6. The molecule has 0 aliphatic carbocycles. The Kier molecular flexibility index (Phi) is 6.87. The molecule has 2 atom stereocenters. The molecule has 200 valence electrons. The van der Waals surface area contributed by atoms with Crippen LogP contribution >= 0.6 is 0 Å². The molecule has 1 aliphatic rings. The largest absolute Gasteiger partial charge is 0.469 e. The number of aromatic amines is 1. The topological polar surface area (TPSA) is 129 Å². The lowest BCUT2D eigenvalue weighted by molar-refractivity contribution is -0.119. The molecule has 3 aromatic heterocycles. The van der Waals surface area contributed by atoms with Gasteiger partial charge in [-0.3, -0.25) is 18.7 Å². The molecule has 11 nitrogen and oxygen atoms in total. The fourth-order valence-corrected chi connectivity index (χ4v) is 4.87. The van der Waals surface area contributed by atoms with Crippen LogP contribution < -0.4 is 21.3 Å². The summed E-state index contributed by atoms with van der Waals surface area (Å²) in [6.07, 6.45) is 1.11. The third kappa shape index (κ3) is 4.61. The normalized spacial score (nSPS) is 16.2. The fraction of sp³-hybridized carbons (Fsp3) is 0.423. The maximum Gasteiger partial charge on any atom is 0.332 e. The third-order valence-electron chi connectivity index (χ3n) is 6.72. The summed E-state index contributed by atoms with van der Waals surface area (Å²) in [5.74, 6) is 0.157. The van der Waals surface area contributed by atoms with E-state index in [1.807, 2.05) is 13.8 Å². The molecule has 0 spiro atoms. The highest BCUT2D eigenvalue weighted by atomic mass is 19.1. The maximum absolute atomic E-state index is 13.6. The third-order valence-corrected chi connectivity index (χ3v) is 6.72. The van der Waals surface area contributed by atoms with Crippen molar-refractivity contribution in [3.05, 3.63) is 62.6 Å². The number of fused-ring (bicyclic) bond motifs is 1. The highest BCUT2D eigenvalue weighted by Crippen LogP contribution is 2.33. The Morgan fingerprint density at radius 1 is 1.11 bits per heavy atom. The van der Waals surface area contributed by atoms with Crippen molar-refractivity contribution in [3.8, 4) is 17.4 Å². The molecular weight excluding hydrogens is 493 g/mol. The van der Waals surface area contributed by atoms with Crippen molar-refractivity contribution < 1.29 is 13.9 Å². The second-order valence-electron chi connectivity index (χ2n) is 9.52. The zero-order valence-corrected chi connectivity index (χ0v) is 21.5. The van der Waals surface area contributed by atoms with Crippen molar-refractivity contribution in [2.45, 2.75) is 52.3 Å². The summed E-state index contributed by atoms with van der Waals surface area (Å²) in [5.41, 5.74) is 0.899. The molecule has 12 heteroatoms. The molecule has 4 aromatic rings. The average molecular weight is 524 g/mol. The Morgan fingerprint density at radius 2 is 1.82 bits per heavy atom. The molecule has 0 saturated carbocycles. The number of halogens is 1. The lowest BCUT2D eigenvalue weighted by Gasteiger charge is -2.24. The van der Waals surface area contributed by atoms with Gasteiger partial charge in [-0.2, -0.15) is 5.10 Å². The number of amides is 1. The van der Waals surface area contributed by atoms with E-state index >= 15 is 0 Å². The monoisotopic (exact) mass is 523 g/mol. The molecule has 0 bridgehead atoms. The van der Waals surface area contributed by atoms with Gasteiger partial charge in [0.15, 0.2) is 11.5 Å². The predicted octanol–water partition coefficient (Wildman–Crippen LogP) is 2.50. The molecule has 1 amide bonds. The second kappa shape index (κ2) is 10.3. The Morgan fingerprint density at radius 3 is 2.47 bits per heavy atom. The van der Waals surface area contributed by atoms with Crippen molar-refractivity contribution in [3.63, 3.8) is 0 Å². The van der Waals surface area contributed by atoms with Crippen molar-refractivity contribution in [1.29, 1.82) is 0 Å². The van der Waals surface area contributed by atoms with Crippen LogP contribution in [-0.2, 0) is 24.9 Å². The first-order valence-electron chi connectivity index (χ1n) is 12.8. The molecule has 38 heavy (non-hydrogen) atoms. The summed E-state index contributed by atoms with van der Waals surface area (Å²) in [6, 6.07) is 7.70. The molecule has 2 unspecified atom stereocenters. The van der Waals surface area contributed by atoms with Gasteiger partial charge in [-0.25, -0.2) is 18.9 Å². The highest BCUT2D eigenvalue weighted by Gasteiger charge is 2.33. The summed E-state index contributed by atoms with van der Waals surface area (Å²) in [7, 11) is 1.71. The minimum absolute atomic E-state index is 0.0643. The Labute approximate surface area is 217 Å². The summed E-state index contributed by atoms with van der Waals surface area (Å²) >= 11 is 0. The number of aromatic nitrogens is 6. The van der Waals surface area contributed by atoms with E-state index in [-0.39, 0.29) is 40.9 Å². The van der Waals surface area contributed by atoms with Crippen LogP contribution in [0, 0.1) is 11.7 Å². The number of rotatable bonds is 9. The van der Waals surface area contributed by atoms with E-state index in [2.05, 4.69) is 20.4 Å². The molecule has 1 aliphatic heterocycles. The van der Waals surface area contributed by atoms with Gasteiger partial charge in [0, 0.05) is 45.1 Å². The van der Waals surface area contributed by atoms with Crippen LogP contribution in [0.4, 0.5) is 4.39 Å². The number of carbonyl (C=O) groups is 1. The van der Waals surface area contributed by atoms with Crippen molar-refractivity contribution in [1.82, 2.24) is 34.2 Å². The van der Waals surface area contributed by atoms with E-state index in [0.29, 0.717) is 49.9 Å². The molecule has 2 N–H and O–H groups in total. The summed E-state index contributed by atoms with van der Waals surface area (Å²) in [6.45, 7) is 5.04. The van der Waals surface area contributed by atoms with Gasteiger partial charge in [-0.15, -0.1) is 0 Å². The SMILES string of the molecule is CCCn1c(=O)c2[nH]c(-c3cc(OC(c4ccc(F)cc4)C4CNC(=O)C4)n(C)n3)nc2n(CCC)c1=O. The second-order valence-corrected chi connectivity index (χ2v) is 9.52. The van der Waals surface area contributed by atoms with Crippen LogP contribution in [-0.4, -0.2) is 41.3 Å². The van der Waals surface area contributed by atoms with E-state index in [0.717, 1.165) is 5.56 Å². The van der Waals surface area contributed by atoms with Crippen LogP contribution in [0.5, 0.6) is 5.88 Å². The number of imidazole rings is 1. The summed E-state index contributed by atoms with van der Waals surface area (Å²) < 4.78 is 24.2. The average Bonchev–Trinajstić information content (AvgIpc) is 3.62. The van der Waals surface area contributed by atoms with Gasteiger partial charge in [-0.1, -0.05) is 26.0 Å². The molecule has 4 heterocycles. The van der Waals surface area contributed by atoms with Gasteiger partial charge >= 0.3 is 5.69 Å². The zero-order valence-electron chi connectivity index (χ0n) is 21.5. The maximum atomic E-state index is 13.6. The van der Waals surface area contributed by atoms with Gasteiger partial charge < -0.3 is 15.0 Å². The van der Waals surface area contributed by atoms with Crippen LogP contribution in [0.3, 0.4) is 0 Å². The van der Waals surface area contributed by atoms with Crippen molar-refractivity contribution >= 4 is 17.1 Å². The number of carbonyl (C=O) groups excluding carboxylic acids is 1. The number of hydrogen-bond acceptors (Lipinski definition) is 6. The van der Waals surface area contributed by atoms with E-state index in [4.69, 9.17) is 4.74 Å². The Hall–Kier alpha value is -4.22. The Bertz CT molecular complexity index is 1600. The number of benzene rings is 1. The number of H-pyrrole nitrogens is 1. The molecule has 1 aromatic carbocycles. The lowest BCUT2D eigenvalue weighted by Crippen LogP contribution is -2.40. The van der Waals surface area contributed by atoms with Crippen molar-refractivity contribution in [2.24, 2.45) is 13.0 Å². The zero-order chi connectivity index (χ0) is 27.0. The predicted molar refractivity (Wildman–Crippen MR) is 138 cm³/mol. The van der Waals surface area contributed by atoms with E-state index in [1.165, 1.54) is 25.9 Å². The van der Waals surface area contributed by atoms with Gasteiger partial charge in [0.05, 0.1) is 0 Å². The van der Waals surface area contributed by atoms with E-state index in [1.54, 1.807) is 25.2 Å². The quantitative estimate of drug-likeness (QED) is 0.347. The van der Waals surface area contributed by atoms with Gasteiger partial charge in [0.1, 0.15) is 23.1 Å². The van der Waals surface area contributed by atoms with Crippen LogP contribution in [0.1, 0.15) is 44.8 Å². The molecule has 1 fully saturated rings. The highest BCUT2D eigenvalue weighted by molar-refractivity contribution is 5.78. The summed E-state index contributed by atoms with van der Waals surface area (Å²) in [5, 5.41) is 7.35. The van der Waals surface area contributed by atoms with Crippen LogP contribution in [0.25, 0.3) is 22.7 Å². The first kappa shape index (κ1) is 25.4. The van der Waals surface area contributed by atoms with Crippen molar-refractivity contribution in [2.75, 3.05) is 6.54 Å². The standard InChI is InChI=1S/C26H30FN7O4/c1-4-10-33-24-21(25(36)34(11-5-2)26(33)37)29-23(30-24)18-13-20(32(3)31-18)38-22(16-12-19(35)28-14-16)15-6-8-17(27)9-7-15/h6-9,13,16,22H,4-5,10-12,14H2,1-3H3,(H,28,35)(H,29,30). The van der Waals surface area contributed by atoms with Gasteiger partial charge in [-0.05, 0) is 30.5 Å². The van der Waals surface area contributed by atoms with Crippen LogP contribution in [0.2, 0.25) is 0 Å². The minimum atomic E-state index is -0.524. The number of ether oxygens (including phenoxy) is 1. The first-order chi connectivity index (χ1) is 18.3. The van der Waals surface area contributed by atoms with E-state index < -0.39 is 11.7 Å². The van der Waals surface area contributed by atoms with Gasteiger partial charge in [0.2, 0.25) is 11.8 Å². The number of aryl methyl sites for hydroxylation is 2. The number of nitrogens with one attached hydrogen (secondary N) is 2. The van der Waals surface area contributed by atoms with Gasteiger partial charge in [0.25, 0.3) is 5.56 Å². The fourth-order valence-electron chi connectivity index (χ4n) is 4.87.